The zero-order valence-corrected chi connectivity index (χ0v) is 12.0. The molecule has 1 amide bonds. The zero-order valence-electron chi connectivity index (χ0n) is 11.2. The van der Waals surface area contributed by atoms with Gasteiger partial charge in [-0.05, 0) is 31.5 Å². The first-order valence-corrected chi connectivity index (χ1v) is 7.47. The van der Waals surface area contributed by atoms with Crippen molar-refractivity contribution in [3.8, 4) is 0 Å². The van der Waals surface area contributed by atoms with Gasteiger partial charge in [-0.25, -0.2) is 13.1 Å². The summed E-state index contributed by atoms with van der Waals surface area (Å²) >= 11 is 0. The highest BCUT2D eigenvalue weighted by molar-refractivity contribution is 7.90. The molecule has 1 N–H and O–H groups in total. The highest BCUT2D eigenvalue weighted by atomic mass is 32.2. The largest absolute Gasteiger partial charge is 0.272 e. The van der Waals surface area contributed by atoms with Crippen LogP contribution < -0.4 is 4.72 Å². The predicted octanol–water partition coefficient (Wildman–Crippen LogP) is 1.01. The van der Waals surface area contributed by atoms with Gasteiger partial charge in [-0.2, -0.15) is 5.10 Å². The lowest BCUT2D eigenvalue weighted by Gasteiger charge is -2.10. The summed E-state index contributed by atoms with van der Waals surface area (Å²) in [5.41, 5.74) is 1.56. The van der Waals surface area contributed by atoms with E-state index in [2.05, 4.69) is 5.10 Å². The molecule has 2 aromatic rings. The van der Waals surface area contributed by atoms with Gasteiger partial charge in [0.2, 0.25) is 0 Å². The summed E-state index contributed by atoms with van der Waals surface area (Å²) in [6.45, 7) is 3.43. The van der Waals surface area contributed by atoms with E-state index in [1.54, 1.807) is 31.3 Å². The predicted molar refractivity (Wildman–Crippen MR) is 73.5 cm³/mol. The number of rotatable bonds is 4. The first-order valence-electron chi connectivity index (χ1n) is 5.99. The van der Waals surface area contributed by atoms with Gasteiger partial charge in [0.1, 0.15) is 6.54 Å². The molecule has 0 bridgehead atoms. The van der Waals surface area contributed by atoms with Crippen molar-refractivity contribution in [3.05, 3.63) is 47.8 Å². The normalized spacial score (nSPS) is 11.3. The molecule has 0 aliphatic carbocycles. The lowest BCUT2D eigenvalue weighted by molar-refractivity contribution is -0.120. The van der Waals surface area contributed by atoms with Gasteiger partial charge in [-0.1, -0.05) is 17.7 Å². The van der Waals surface area contributed by atoms with Gasteiger partial charge in [0.25, 0.3) is 15.9 Å². The number of nitrogens with one attached hydrogen (secondary N) is 1. The van der Waals surface area contributed by atoms with Crippen LogP contribution >= 0.6 is 0 Å². The average molecular weight is 293 g/mol. The van der Waals surface area contributed by atoms with E-state index in [4.69, 9.17) is 0 Å². The Kier molecular flexibility index (Phi) is 3.89. The molecule has 0 atom stereocenters. The Bertz CT molecular complexity index is 721. The number of sulfonamides is 1. The quantitative estimate of drug-likeness (QED) is 0.912. The fourth-order valence-corrected chi connectivity index (χ4v) is 3.08. The fraction of sp³-hybridized carbons (Fsp3) is 0.231. The van der Waals surface area contributed by atoms with E-state index in [9.17, 15) is 13.2 Å². The molecule has 1 aromatic heterocycles. The average Bonchev–Trinajstić information content (AvgIpc) is 2.79. The third-order valence-electron chi connectivity index (χ3n) is 2.73. The van der Waals surface area contributed by atoms with E-state index < -0.39 is 15.9 Å². The van der Waals surface area contributed by atoms with Crippen molar-refractivity contribution < 1.29 is 13.2 Å². The maximum Gasteiger partial charge on any atom is 0.264 e. The highest BCUT2D eigenvalue weighted by Crippen LogP contribution is 2.16. The van der Waals surface area contributed by atoms with Crippen molar-refractivity contribution in [1.82, 2.24) is 14.5 Å². The molecule has 7 heteroatoms. The summed E-state index contributed by atoms with van der Waals surface area (Å²) in [7, 11) is -3.85. The van der Waals surface area contributed by atoms with Crippen LogP contribution in [0.3, 0.4) is 0 Å². The maximum absolute atomic E-state index is 12.1. The minimum Gasteiger partial charge on any atom is -0.272 e. The Hall–Kier alpha value is -2.15. The van der Waals surface area contributed by atoms with Crippen LogP contribution in [0, 0.1) is 13.8 Å². The molecule has 6 nitrogen and oxygen atoms in total. The molecule has 0 radical (unpaired) electrons. The Morgan fingerprint density at radius 2 is 2.10 bits per heavy atom. The fourth-order valence-electron chi connectivity index (χ4n) is 1.88. The van der Waals surface area contributed by atoms with Gasteiger partial charge in [0.05, 0.1) is 4.90 Å². The summed E-state index contributed by atoms with van der Waals surface area (Å²) < 4.78 is 27.7. The van der Waals surface area contributed by atoms with Gasteiger partial charge in [0, 0.05) is 12.4 Å². The van der Waals surface area contributed by atoms with Gasteiger partial charge < -0.3 is 0 Å². The van der Waals surface area contributed by atoms with Gasteiger partial charge in [-0.3, -0.25) is 9.48 Å². The van der Waals surface area contributed by atoms with Crippen molar-refractivity contribution >= 4 is 15.9 Å². The zero-order chi connectivity index (χ0) is 14.8. The van der Waals surface area contributed by atoms with Crippen molar-refractivity contribution in [3.63, 3.8) is 0 Å². The van der Waals surface area contributed by atoms with Crippen LogP contribution in [0.5, 0.6) is 0 Å². The van der Waals surface area contributed by atoms with Crippen LogP contribution in [-0.4, -0.2) is 24.1 Å². The molecular formula is C13H15N3O3S. The summed E-state index contributed by atoms with van der Waals surface area (Å²) in [6.07, 6.45) is 3.11. The first kappa shape index (κ1) is 14.3. The van der Waals surface area contributed by atoms with Crippen LogP contribution in [-0.2, 0) is 21.4 Å². The van der Waals surface area contributed by atoms with E-state index in [1.165, 1.54) is 16.9 Å². The summed E-state index contributed by atoms with van der Waals surface area (Å²) in [5, 5.41) is 3.85. The van der Waals surface area contributed by atoms with Crippen LogP contribution in [0.2, 0.25) is 0 Å². The number of hydrogen-bond acceptors (Lipinski definition) is 4. The van der Waals surface area contributed by atoms with E-state index >= 15 is 0 Å². The Morgan fingerprint density at radius 1 is 1.35 bits per heavy atom. The molecule has 0 saturated heterocycles. The smallest absolute Gasteiger partial charge is 0.264 e. The summed E-state index contributed by atoms with van der Waals surface area (Å²) in [5.74, 6) is -0.631. The number of carbonyl (C=O) groups is 1. The standard InChI is InChI=1S/C13H15N3O3S/c1-10-4-5-12(11(2)8-10)20(18,19)15-13(17)9-16-7-3-6-14-16/h3-8H,9H2,1-2H3,(H,15,17). The minimum absolute atomic E-state index is 0.108. The highest BCUT2D eigenvalue weighted by Gasteiger charge is 2.19. The van der Waals surface area contributed by atoms with Crippen molar-refractivity contribution in [2.75, 3.05) is 0 Å². The molecule has 0 spiro atoms. The van der Waals surface area contributed by atoms with Crippen molar-refractivity contribution in [1.29, 1.82) is 0 Å². The monoisotopic (exact) mass is 293 g/mol. The Balaban J connectivity index is 2.16. The van der Waals surface area contributed by atoms with Gasteiger partial charge in [0.15, 0.2) is 0 Å². The molecule has 20 heavy (non-hydrogen) atoms. The second-order valence-electron chi connectivity index (χ2n) is 4.50. The number of nitrogens with zero attached hydrogens (tertiary/aromatic N) is 2. The van der Waals surface area contributed by atoms with Gasteiger partial charge in [-0.15, -0.1) is 0 Å². The van der Waals surface area contributed by atoms with Gasteiger partial charge >= 0.3 is 0 Å². The molecular weight excluding hydrogens is 278 g/mol. The molecule has 0 unspecified atom stereocenters. The lowest BCUT2D eigenvalue weighted by atomic mass is 10.2. The van der Waals surface area contributed by atoms with Crippen LogP contribution in [0.4, 0.5) is 0 Å². The third kappa shape index (κ3) is 3.24. The number of aromatic nitrogens is 2. The number of amides is 1. The van der Waals surface area contributed by atoms with E-state index in [0.29, 0.717) is 5.56 Å². The third-order valence-corrected chi connectivity index (χ3v) is 4.27. The minimum atomic E-state index is -3.85. The van der Waals surface area contributed by atoms with Crippen molar-refractivity contribution in [2.45, 2.75) is 25.3 Å². The lowest BCUT2D eigenvalue weighted by Crippen LogP contribution is -2.33. The van der Waals surface area contributed by atoms with Crippen molar-refractivity contribution in [2.24, 2.45) is 0 Å². The van der Waals surface area contributed by atoms with Crippen LogP contribution in [0.25, 0.3) is 0 Å². The maximum atomic E-state index is 12.1. The summed E-state index contributed by atoms with van der Waals surface area (Å²) in [4.78, 5) is 11.8. The number of hydrogen-bond donors (Lipinski definition) is 1. The Morgan fingerprint density at radius 3 is 2.70 bits per heavy atom. The topological polar surface area (TPSA) is 81.1 Å². The van der Waals surface area contributed by atoms with Crippen LogP contribution in [0.1, 0.15) is 11.1 Å². The Labute approximate surface area is 117 Å². The first-order chi connectivity index (χ1) is 9.38. The number of carbonyl (C=O) groups excluding carboxylic acids is 1. The van der Waals surface area contributed by atoms with E-state index in [0.717, 1.165) is 5.56 Å². The molecule has 106 valence electrons. The molecule has 1 aromatic carbocycles. The molecule has 0 fully saturated rings. The second kappa shape index (κ2) is 5.46. The number of aryl methyl sites for hydroxylation is 2. The van der Waals surface area contributed by atoms with Crippen LogP contribution in [0.15, 0.2) is 41.6 Å². The molecule has 2 rings (SSSR count). The molecule has 0 saturated carbocycles. The second-order valence-corrected chi connectivity index (χ2v) is 6.15. The summed E-state index contributed by atoms with van der Waals surface area (Å²) in [6, 6.07) is 6.60. The van der Waals surface area contributed by atoms with E-state index in [-0.39, 0.29) is 11.4 Å². The molecule has 0 aliphatic rings. The molecule has 0 aliphatic heterocycles. The molecule has 1 heterocycles. The SMILES string of the molecule is Cc1ccc(S(=O)(=O)NC(=O)Cn2cccn2)c(C)c1. The van der Waals surface area contributed by atoms with E-state index in [1.807, 2.05) is 11.6 Å². The number of benzene rings is 1.